The van der Waals surface area contributed by atoms with Gasteiger partial charge in [-0.1, -0.05) is 18.6 Å². The maximum Gasteiger partial charge on any atom is 0.416 e. The largest absolute Gasteiger partial charge is 0.416 e. The SMILES string of the molecule is NC(Cc1ccc(C(F)(F)F)cc1)C1CCCCS1. The second-order valence-corrected chi connectivity index (χ2v) is 6.31. The molecule has 0 spiro atoms. The van der Waals surface area contributed by atoms with E-state index in [0.717, 1.165) is 29.9 Å². The predicted molar refractivity (Wildman–Crippen MR) is 73.2 cm³/mol. The van der Waals surface area contributed by atoms with Crippen molar-refractivity contribution in [2.75, 3.05) is 5.75 Å². The molecule has 0 radical (unpaired) electrons. The lowest BCUT2D eigenvalue weighted by atomic mass is 9.99. The van der Waals surface area contributed by atoms with Gasteiger partial charge in [-0.25, -0.2) is 0 Å². The van der Waals surface area contributed by atoms with Crippen LogP contribution in [0.3, 0.4) is 0 Å². The number of halogens is 3. The number of hydrogen-bond acceptors (Lipinski definition) is 2. The first-order chi connectivity index (χ1) is 8.97. The van der Waals surface area contributed by atoms with Gasteiger partial charge in [0, 0.05) is 11.3 Å². The summed E-state index contributed by atoms with van der Waals surface area (Å²) in [7, 11) is 0. The third-order valence-electron chi connectivity index (χ3n) is 3.45. The van der Waals surface area contributed by atoms with Crippen molar-refractivity contribution >= 4 is 11.8 Å². The quantitative estimate of drug-likeness (QED) is 0.914. The Kier molecular flexibility index (Phi) is 4.79. The standard InChI is InChI=1S/C14H18F3NS/c15-14(16,17)11-6-4-10(5-7-11)9-12(18)13-3-1-2-8-19-13/h4-7,12-13H,1-3,8-9,18H2. The zero-order valence-electron chi connectivity index (χ0n) is 10.6. The van der Waals surface area contributed by atoms with E-state index < -0.39 is 11.7 Å². The van der Waals surface area contributed by atoms with E-state index in [1.54, 1.807) is 0 Å². The summed E-state index contributed by atoms with van der Waals surface area (Å²) in [5.74, 6) is 1.14. The van der Waals surface area contributed by atoms with Gasteiger partial charge in [0.15, 0.2) is 0 Å². The zero-order chi connectivity index (χ0) is 13.9. The lowest BCUT2D eigenvalue weighted by molar-refractivity contribution is -0.137. The van der Waals surface area contributed by atoms with Crippen molar-refractivity contribution < 1.29 is 13.2 Å². The Morgan fingerprint density at radius 3 is 2.42 bits per heavy atom. The van der Waals surface area contributed by atoms with E-state index in [9.17, 15) is 13.2 Å². The van der Waals surface area contributed by atoms with Crippen LogP contribution in [0.5, 0.6) is 0 Å². The van der Waals surface area contributed by atoms with E-state index in [4.69, 9.17) is 5.73 Å². The number of benzene rings is 1. The van der Waals surface area contributed by atoms with Gasteiger partial charge in [0.2, 0.25) is 0 Å². The molecule has 5 heteroatoms. The average Bonchev–Trinajstić information content (AvgIpc) is 2.39. The van der Waals surface area contributed by atoms with E-state index in [1.807, 2.05) is 11.8 Å². The smallest absolute Gasteiger partial charge is 0.326 e. The van der Waals surface area contributed by atoms with Gasteiger partial charge in [-0.2, -0.15) is 24.9 Å². The summed E-state index contributed by atoms with van der Waals surface area (Å²) in [5.41, 5.74) is 6.44. The Labute approximate surface area is 115 Å². The van der Waals surface area contributed by atoms with E-state index in [2.05, 4.69) is 0 Å². The summed E-state index contributed by atoms with van der Waals surface area (Å²) in [6.45, 7) is 0. The summed E-state index contributed by atoms with van der Waals surface area (Å²) < 4.78 is 37.3. The van der Waals surface area contributed by atoms with Crippen LogP contribution in [0, 0.1) is 0 Å². The van der Waals surface area contributed by atoms with Crippen molar-refractivity contribution in [1.82, 2.24) is 0 Å². The molecule has 1 aromatic rings. The zero-order valence-corrected chi connectivity index (χ0v) is 11.4. The molecule has 1 heterocycles. The van der Waals surface area contributed by atoms with E-state index in [0.29, 0.717) is 11.7 Å². The van der Waals surface area contributed by atoms with Crippen LogP contribution in [-0.4, -0.2) is 17.0 Å². The number of alkyl halides is 3. The minimum Gasteiger partial charge on any atom is -0.326 e. The summed E-state index contributed by atoms with van der Waals surface area (Å²) in [6.07, 6.45) is -0.0469. The molecule has 0 aliphatic carbocycles. The van der Waals surface area contributed by atoms with Gasteiger partial charge in [-0.15, -0.1) is 0 Å². The van der Waals surface area contributed by atoms with Crippen molar-refractivity contribution in [2.45, 2.75) is 43.2 Å². The Hall–Kier alpha value is -0.680. The average molecular weight is 289 g/mol. The Balaban J connectivity index is 1.95. The van der Waals surface area contributed by atoms with Crippen LogP contribution in [0.2, 0.25) is 0 Å². The van der Waals surface area contributed by atoms with Crippen LogP contribution in [0.1, 0.15) is 30.4 Å². The number of rotatable bonds is 3. The van der Waals surface area contributed by atoms with Crippen molar-refractivity contribution in [2.24, 2.45) is 5.73 Å². The molecule has 1 saturated heterocycles. The molecular formula is C14H18F3NS. The molecule has 2 unspecified atom stereocenters. The Bertz CT molecular complexity index is 396. The highest BCUT2D eigenvalue weighted by atomic mass is 32.2. The molecule has 2 N–H and O–H groups in total. The number of hydrogen-bond donors (Lipinski definition) is 1. The molecule has 1 nitrogen and oxygen atoms in total. The third kappa shape index (κ3) is 4.14. The van der Waals surface area contributed by atoms with Gasteiger partial charge in [0.05, 0.1) is 5.56 Å². The molecule has 2 rings (SSSR count). The van der Waals surface area contributed by atoms with Crippen molar-refractivity contribution in [3.63, 3.8) is 0 Å². The van der Waals surface area contributed by atoms with E-state index in [-0.39, 0.29) is 6.04 Å². The van der Waals surface area contributed by atoms with Gasteiger partial charge in [-0.05, 0) is 42.7 Å². The Morgan fingerprint density at radius 1 is 1.21 bits per heavy atom. The predicted octanol–water partition coefficient (Wildman–Crippen LogP) is 3.86. The molecule has 1 aliphatic rings. The highest BCUT2D eigenvalue weighted by Gasteiger charge is 2.30. The summed E-state index contributed by atoms with van der Waals surface area (Å²) >= 11 is 1.89. The van der Waals surface area contributed by atoms with Gasteiger partial charge in [0.1, 0.15) is 0 Å². The van der Waals surface area contributed by atoms with Crippen LogP contribution >= 0.6 is 11.8 Å². The highest BCUT2D eigenvalue weighted by Crippen LogP contribution is 2.30. The molecule has 0 amide bonds. The number of thioether (sulfide) groups is 1. The highest BCUT2D eigenvalue weighted by molar-refractivity contribution is 8.00. The normalized spacial score (nSPS) is 22.2. The molecule has 2 atom stereocenters. The van der Waals surface area contributed by atoms with Gasteiger partial charge in [-0.3, -0.25) is 0 Å². The molecule has 19 heavy (non-hydrogen) atoms. The van der Waals surface area contributed by atoms with Crippen LogP contribution in [-0.2, 0) is 12.6 Å². The maximum atomic E-state index is 12.4. The van der Waals surface area contributed by atoms with Crippen LogP contribution < -0.4 is 5.73 Å². The fraction of sp³-hybridized carbons (Fsp3) is 0.571. The minimum absolute atomic E-state index is 0.0297. The lowest BCUT2D eigenvalue weighted by Crippen LogP contribution is -2.36. The first kappa shape index (κ1) is 14.7. The molecule has 106 valence electrons. The van der Waals surface area contributed by atoms with Gasteiger partial charge in [0.25, 0.3) is 0 Å². The van der Waals surface area contributed by atoms with Gasteiger partial charge < -0.3 is 5.73 Å². The second-order valence-electron chi connectivity index (χ2n) is 4.97. The first-order valence-corrected chi connectivity index (χ1v) is 7.55. The fourth-order valence-electron chi connectivity index (χ4n) is 2.34. The third-order valence-corrected chi connectivity index (χ3v) is 4.98. The lowest BCUT2D eigenvalue weighted by Gasteiger charge is -2.27. The minimum atomic E-state index is -4.26. The summed E-state index contributed by atoms with van der Waals surface area (Å²) in [6, 6.07) is 5.38. The topological polar surface area (TPSA) is 26.0 Å². The van der Waals surface area contributed by atoms with Crippen LogP contribution in [0.25, 0.3) is 0 Å². The molecule has 1 aromatic carbocycles. The number of nitrogens with two attached hydrogens (primary N) is 1. The van der Waals surface area contributed by atoms with E-state index in [1.165, 1.54) is 25.0 Å². The van der Waals surface area contributed by atoms with Crippen molar-refractivity contribution in [3.05, 3.63) is 35.4 Å². The van der Waals surface area contributed by atoms with Crippen LogP contribution in [0.15, 0.2) is 24.3 Å². The van der Waals surface area contributed by atoms with Gasteiger partial charge >= 0.3 is 6.18 Å². The maximum absolute atomic E-state index is 12.4. The molecule has 0 saturated carbocycles. The molecule has 1 aliphatic heterocycles. The summed E-state index contributed by atoms with van der Waals surface area (Å²) in [4.78, 5) is 0. The van der Waals surface area contributed by atoms with Crippen molar-refractivity contribution in [1.29, 1.82) is 0 Å². The second kappa shape index (κ2) is 6.18. The molecule has 0 aromatic heterocycles. The van der Waals surface area contributed by atoms with E-state index >= 15 is 0 Å². The Morgan fingerprint density at radius 2 is 1.89 bits per heavy atom. The monoisotopic (exact) mass is 289 g/mol. The van der Waals surface area contributed by atoms with Crippen LogP contribution in [0.4, 0.5) is 13.2 Å². The fourth-order valence-corrected chi connectivity index (χ4v) is 3.69. The first-order valence-electron chi connectivity index (χ1n) is 6.50. The van der Waals surface area contributed by atoms with Crippen molar-refractivity contribution in [3.8, 4) is 0 Å². The molecular weight excluding hydrogens is 271 g/mol. The molecule has 0 bridgehead atoms. The summed E-state index contributed by atoms with van der Waals surface area (Å²) in [5, 5.41) is 0.441. The molecule has 1 fully saturated rings.